The van der Waals surface area contributed by atoms with Crippen LogP contribution in [0.3, 0.4) is 0 Å². The van der Waals surface area contributed by atoms with Gasteiger partial charge in [0.05, 0.1) is 18.5 Å². The molecule has 1 aliphatic rings. The maximum absolute atomic E-state index is 11.9. The van der Waals surface area contributed by atoms with Crippen molar-refractivity contribution in [2.24, 2.45) is 5.92 Å². The number of piperidine rings is 1. The van der Waals surface area contributed by atoms with Crippen LogP contribution in [0.5, 0.6) is 0 Å². The Hall–Kier alpha value is -0.200. The standard InChI is InChI=1S/C9H18FNO3S/c1-8-3-5-11(7-9(8)12)15(13,14)6-2-4-10/h8-9,12H,2-7H2,1H3. The van der Waals surface area contributed by atoms with E-state index in [0.29, 0.717) is 13.0 Å². The molecule has 0 spiro atoms. The molecule has 1 heterocycles. The third kappa shape index (κ3) is 3.39. The van der Waals surface area contributed by atoms with Crippen molar-refractivity contribution in [1.82, 2.24) is 4.31 Å². The maximum atomic E-state index is 11.9. The molecule has 1 fully saturated rings. The Morgan fingerprint density at radius 2 is 2.20 bits per heavy atom. The van der Waals surface area contributed by atoms with Crippen molar-refractivity contribution in [1.29, 1.82) is 0 Å². The van der Waals surface area contributed by atoms with Crippen molar-refractivity contribution in [2.75, 3.05) is 25.5 Å². The smallest absolute Gasteiger partial charge is 0.214 e. The Bertz CT molecular complexity index is 294. The molecule has 0 aromatic heterocycles. The van der Waals surface area contributed by atoms with E-state index in [1.807, 2.05) is 6.92 Å². The van der Waals surface area contributed by atoms with Crippen LogP contribution >= 0.6 is 0 Å². The van der Waals surface area contributed by atoms with Crippen LogP contribution in [0.4, 0.5) is 4.39 Å². The molecule has 1 saturated heterocycles. The molecule has 15 heavy (non-hydrogen) atoms. The molecular weight excluding hydrogens is 221 g/mol. The number of nitrogens with zero attached hydrogens (tertiary/aromatic N) is 1. The lowest BCUT2D eigenvalue weighted by Crippen LogP contribution is -2.46. The van der Waals surface area contributed by atoms with Crippen molar-refractivity contribution in [3.63, 3.8) is 0 Å². The van der Waals surface area contributed by atoms with E-state index in [1.54, 1.807) is 0 Å². The van der Waals surface area contributed by atoms with Crippen LogP contribution in [-0.2, 0) is 10.0 Å². The van der Waals surface area contributed by atoms with Gasteiger partial charge in [-0.2, -0.15) is 4.31 Å². The molecule has 6 heteroatoms. The fraction of sp³-hybridized carbons (Fsp3) is 1.00. The Balaban J connectivity index is 2.57. The van der Waals surface area contributed by atoms with E-state index in [4.69, 9.17) is 0 Å². The zero-order chi connectivity index (χ0) is 11.5. The molecule has 0 aliphatic carbocycles. The van der Waals surface area contributed by atoms with E-state index in [-0.39, 0.29) is 24.6 Å². The van der Waals surface area contributed by atoms with E-state index in [1.165, 1.54) is 4.31 Å². The largest absolute Gasteiger partial charge is 0.391 e. The molecule has 4 nitrogen and oxygen atoms in total. The molecule has 0 aromatic carbocycles. The number of hydrogen-bond acceptors (Lipinski definition) is 3. The highest BCUT2D eigenvalue weighted by Crippen LogP contribution is 2.19. The first-order valence-electron chi connectivity index (χ1n) is 5.19. The van der Waals surface area contributed by atoms with Gasteiger partial charge < -0.3 is 5.11 Å². The van der Waals surface area contributed by atoms with Crippen LogP contribution in [0.15, 0.2) is 0 Å². The number of sulfonamides is 1. The number of alkyl halides is 1. The van der Waals surface area contributed by atoms with Crippen molar-refractivity contribution in [3.05, 3.63) is 0 Å². The number of rotatable bonds is 4. The lowest BCUT2D eigenvalue weighted by atomic mass is 9.98. The van der Waals surface area contributed by atoms with Gasteiger partial charge in [-0.1, -0.05) is 6.92 Å². The van der Waals surface area contributed by atoms with Crippen molar-refractivity contribution in [2.45, 2.75) is 25.9 Å². The minimum atomic E-state index is -3.37. The van der Waals surface area contributed by atoms with Crippen LogP contribution in [0.25, 0.3) is 0 Å². The molecule has 0 bridgehead atoms. The molecule has 90 valence electrons. The average molecular weight is 239 g/mol. The van der Waals surface area contributed by atoms with Crippen LogP contribution in [0, 0.1) is 5.92 Å². The highest BCUT2D eigenvalue weighted by molar-refractivity contribution is 7.89. The second-order valence-corrected chi connectivity index (χ2v) is 6.14. The zero-order valence-electron chi connectivity index (χ0n) is 8.89. The third-order valence-electron chi connectivity index (χ3n) is 2.81. The fourth-order valence-corrected chi connectivity index (χ4v) is 3.13. The number of halogens is 1. The van der Waals surface area contributed by atoms with Gasteiger partial charge in [0.1, 0.15) is 0 Å². The van der Waals surface area contributed by atoms with Gasteiger partial charge in [0, 0.05) is 13.1 Å². The summed E-state index contributed by atoms with van der Waals surface area (Å²) in [6, 6.07) is 0. The predicted octanol–water partition coefficient (Wildman–Crippen LogP) is 0.379. The highest BCUT2D eigenvalue weighted by atomic mass is 32.2. The Kier molecular flexibility index (Phi) is 4.48. The Morgan fingerprint density at radius 1 is 1.53 bits per heavy atom. The molecule has 0 saturated carbocycles. The van der Waals surface area contributed by atoms with E-state index < -0.39 is 22.8 Å². The van der Waals surface area contributed by atoms with E-state index in [2.05, 4.69) is 0 Å². The SMILES string of the molecule is CC1CCN(S(=O)(=O)CCCF)CC1O. The summed E-state index contributed by atoms with van der Waals surface area (Å²) in [5.41, 5.74) is 0. The Morgan fingerprint density at radius 3 is 2.73 bits per heavy atom. The summed E-state index contributed by atoms with van der Waals surface area (Å²) < 4.78 is 36.5. The first-order valence-corrected chi connectivity index (χ1v) is 6.80. The van der Waals surface area contributed by atoms with Crippen LogP contribution in [0.1, 0.15) is 19.8 Å². The van der Waals surface area contributed by atoms with Gasteiger partial charge in [0.15, 0.2) is 0 Å². The number of hydrogen-bond donors (Lipinski definition) is 1. The quantitative estimate of drug-likeness (QED) is 0.771. The summed E-state index contributed by atoms with van der Waals surface area (Å²) in [4.78, 5) is 0. The van der Waals surface area contributed by atoms with Gasteiger partial charge in [-0.25, -0.2) is 8.42 Å². The fourth-order valence-electron chi connectivity index (χ4n) is 1.64. The summed E-state index contributed by atoms with van der Waals surface area (Å²) in [6.45, 7) is 1.87. The predicted molar refractivity (Wildman–Crippen MR) is 55.7 cm³/mol. The second-order valence-electron chi connectivity index (χ2n) is 4.05. The monoisotopic (exact) mass is 239 g/mol. The van der Waals surface area contributed by atoms with Gasteiger partial charge >= 0.3 is 0 Å². The van der Waals surface area contributed by atoms with Crippen molar-refractivity contribution >= 4 is 10.0 Å². The summed E-state index contributed by atoms with van der Waals surface area (Å²) in [5, 5.41) is 9.56. The first-order chi connectivity index (χ1) is 6.97. The van der Waals surface area contributed by atoms with Crippen LogP contribution in [0.2, 0.25) is 0 Å². The summed E-state index contributed by atoms with van der Waals surface area (Å²) in [6.07, 6.45) is 0.0967. The minimum absolute atomic E-state index is 0.0322. The average Bonchev–Trinajstić information content (AvgIpc) is 2.19. The third-order valence-corrected chi connectivity index (χ3v) is 4.73. The van der Waals surface area contributed by atoms with Crippen LogP contribution < -0.4 is 0 Å². The van der Waals surface area contributed by atoms with Gasteiger partial charge in [-0.3, -0.25) is 4.39 Å². The molecule has 1 rings (SSSR count). The summed E-state index contributed by atoms with van der Waals surface area (Å²) in [5.74, 6) is -0.0254. The van der Waals surface area contributed by atoms with Gasteiger partial charge in [0.2, 0.25) is 10.0 Å². The molecule has 2 unspecified atom stereocenters. The minimum Gasteiger partial charge on any atom is -0.391 e. The molecule has 1 N–H and O–H groups in total. The maximum Gasteiger partial charge on any atom is 0.214 e. The lowest BCUT2D eigenvalue weighted by Gasteiger charge is -2.33. The lowest BCUT2D eigenvalue weighted by molar-refractivity contribution is 0.0605. The van der Waals surface area contributed by atoms with E-state index >= 15 is 0 Å². The van der Waals surface area contributed by atoms with Crippen molar-refractivity contribution < 1.29 is 17.9 Å². The molecule has 1 aliphatic heterocycles. The van der Waals surface area contributed by atoms with Crippen molar-refractivity contribution in [3.8, 4) is 0 Å². The summed E-state index contributed by atoms with van der Waals surface area (Å²) in [7, 11) is -3.37. The number of aliphatic hydroxyl groups is 1. The molecular formula is C9H18FNO3S. The first kappa shape index (κ1) is 12.9. The van der Waals surface area contributed by atoms with Gasteiger partial charge in [-0.15, -0.1) is 0 Å². The topological polar surface area (TPSA) is 57.6 Å². The molecule has 2 atom stereocenters. The van der Waals surface area contributed by atoms with Gasteiger partial charge in [0.25, 0.3) is 0 Å². The number of β-amino-alcohol motifs (C(OH)–C–C–N with tert-alkyl or cyclic N) is 1. The second kappa shape index (κ2) is 5.23. The van der Waals surface area contributed by atoms with E-state index in [0.717, 1.165) is 0 Å². The highest BCUT2D eigenvalue weighted by Gasteiger charge is 2.31. The van der Waals surface area contributed by atoms with Gasteiger partial charge in [-0.05, 0) is 18.8 Å². The van der Waals surface area contributed by atoms with Crippen LogP contribution in [-0.4, -0.2) is 49.5 Å². The summed E-state index contributed by atoms with van der Waals surface area (Å²) >= 11 is 0. The van der Waals surface area contributed by atoms with E-state index in [9.17, 15) is 17.9 Å². The molecule has 0 radical (unpaired) electrons. The Labute approximate surface area is 90.1 Å². The molecule has 0 amide bonds. The zero-order valence-corrected chi connectivity index (χ0v) is 9.71. The number of aliphatic hydroxyl groups excluding tert-OH is 1. The normalized spacial score (nSPS) is 29.3. The molecule has 0 aromatic rings.